The summed E-state index contributed by atoms with van der Waals surface area (Å²) in [6.45, 7) is 0. The molecule has 0 radical (unpaired) electrons. The summed E-state index contributed by atoms with van der Waals surface area (Å²) in [6.07, 6.45) is 4.13. The van der Waals surface area contributed by atoms with Gasteiger partial charge in [-0.2, -0.15) is 0 Å². The molecule has 0 saturated heterocycles. The van der Waals surface area contributed by atoms with Crippen LogP contribution in [0.1, 0.15) is 22.3 Å². The van der Waals surface area contributed by atoms with Crippen LogP contribution in [0.3, 0.4) is 0 Å². The van der Waals surface area contributed by atoms with Crippen molar-refractivity contribution < 1.29 is 0 Å². The van der Waals surface area contributed by atoms with Crippen LogP contribution in [-0.4, -0.2) is 14.4 Å². The fraction of sp³-hybridized carbons (Fsp3) is 0.0196. The molecule has 1 aliphatic rings. The molecular formula is C51H33N3. The van der Waals surface area contributed by atoms with E-state index in [2.05, 4.69) is 180 Å². The minimum absolute atomic E-state index is 0.473. The summed E-state index contributed by atoms with van der Waals surface area (Å²) >= 11 is 0. The average molecular weight is 688 g/mol. The molecule has 0 spiro atoms. The van der Waals surface area contributed by atoms with E-state index in [0.29, 0.717) is 0 Å². The van der Waals surface area contributed by atoms with Gasteiger partial charge in [-0.25, -0.2) is 9.97 Å². The van der Waals surface area contributed by atoms with Crippen LogP contribution in [0.2, 0.25) is 0 Å². The van der Waals surface area contributed by atoms with E-state index >= 15 is 0 Å². The molecule has 0 amide bonds. The van der Waals surface area contributed by atoms with Gasteiger partial charge in [0.05, 0.1) is 22.3 Å². The Morgan fingerprint density at radius 1 is 0.444 bits per heavy atom. The van der Waals surface area contributed by atoms with E-state index in [1.54, 1.807) is 0 Å². The molecular weight excluding hydrogens is 655 g/mol. The first-order chi connectivity index (χ1) is 26.8. The summed E-state index contributed by atoms with van der Waals surface area (Å²) in [7, 11) is 0. The summed E-state index contributed by atoms with van der Waals surface area (Å²) in [4.78, 5) is 10.3. The van der Waals surface area contributed by atoms with Gasteiger partial charge in [-0.05, 0) is 74.8 Å². The highest BCUT2D eigenvalue weighted by molar-refractivity contribution is 6.19. The Bertz CT molecular complexity index is 2980. The predicted octanol–water partition coefficient (Wildman–Crippen LogP) is 12.4. The number of hydrogen-bond donors (Lipinski definition) is 0. The lowest BCUT2D eigenvalue weighted by Crippen LogP contribution is -2.28. The fourth-order valence-electron chi connectivity index (χ4n) is 8.97. The molecule has 1 aliphatic carbocycles. The van der Waals surface area contributed by atoms with Crippen LogP contribution < -0.4 is 0 Å². The Morgan fingerprint density at radius 2 is 1.09 bits per heavy atom. The van der Waals surface area contributed by atoms with Crippen molar-refractivity contribution in [2.45, 2.75) is 5.41 Å². The Morgan fingerprint density at radius 3 is 1.87 bits per heavy atom. The van der Waals surface area contributed by atoms with Crippen molar-refractivity contribution in [1.82, 2.24) is 14.4 Å². The van der Waals surface area contributed by atoms with E-state index in [4.69, 9.17) is 9.97 Å². The standard InChI is InChI=1S/C51H33N3/c1-3-19-38(20-4-1)51(39-21-5-2-6-22-39)43-25-9-7-23-40(43)49-44(51)29-28-42-48(49)41-24-8-10-26-45(41)53-50(42)37-18-14-16-35(32-37)34-15-13-17-36(31-34)46-33-54-30-12-11-27-47(54)52-46/h1-33H. The largest absolute Gasteiger partial charge is 0.306 e. The molecule has 0 N–H and O–H groups in total. The maximum Gasteiger partial charge on any atom is 0.137 e. The SMILES string of the molecule is c1ccc(C2(c3ccccc3)c3ccccc3-c3c2ccc2c(-c4cccc(-c5cccc(-c6cn7ccccc7n6)c5)c4)nc4ccccc4c32)cc1. The minimum Gasteiger partial charge on any atom is -0.306 e. The monoisotopic (exact) mass is 687 g/mol. The molecule has 10 aromatic rings. The summed E-state index contributed by atoms with van der Waals surface area (Å²) in [6, 6.07) is 68.0. The molecule has 54 heavy (non-hydrogen) atoms. The molecule has 0 unspecified atom stereocenters. The van der Waals surface area contributed by atoms with Crippen LogP contribution in [0, 0.1) is 0 Å². The molecule has 3 heteroatoms. The van der Waals surface area contributed by atoms with E-state index in [-0.39, 0.29) is 0 Å². The number of rotatable bonds is 5. The summed E-state index contributed by atoms with van der Waals surface area (Å²) < 4.78 is 2.07. The van der Waals surface area contributed by atoms with Gasteiger partial charge in [0, 0.05) is 39.7 Å². The topological polar surface area (TPSA) is 30.2 Å². The third-order valence-corrected chi connectivity index (χ3v) is 11.3. The Labute approximate surface area is 313 Å². The van der Waals surface area contributed by atoms with Gasteiger partial charge >= 0.3 is 0 Å². The number of fused-ring (bicyclic) bond motifs is 8. The molecule has 0 aliphatic heterocycles. The number of imidazole rings is 1. The summed E-state index contributed by atoms with van der Waals surface area (Å²) in [5.41, 5.74) is 15.5. The maximum atomic E-state index is 5.42. The third kappa shape index (κ3) is 4.49. The molecule has 0 atom stereocenters. The molecule has 0 saturated carbocycles. The molecule has 0 fully saturated rings. The van der Waals surface area contributed by atoms with Crippen molar-refractivity contribution in [2.75, 3.05) is 0 Å². The highest BCUT2D eigenvalue weighted by Crippen LogP contribution is 2.58. The number of para-hydroxylation sites is 1. The van der Waals surface area contributed by atoms with Gasteiger partial charge in [0.15, 0.2) is 0 Å². The van der Waals surface area contributed by atoms with Gasteiger partial charge in [-0.1, -0.05) is 158 Å². The smallest absolute Gasteiger partial charge is 0.137 e. The summed E-state index contributed by atoms with van der Waals surface area (Å²) in [5, 5.41) is 3.56. The predicted molar refractivity (Wildman–Crippen MR) is 222 cm³/mol. The van der Waals surface area contributed by atoms with E-state index < -0.39 is 5.41 Å². The zero-order valence-electron chi connectivity index (χ0n) is 29.4. The van der Waals surface area contributed by atoms with Gasteiger partial charge in [0.2, 0.25) is 0 Å². The van der Waals surface area contributed by atoms with Crippen LogP contribution in [-0.2, 0) is 5.41 Å². The first kappa shape index (κ1) is 30.5. The van der Waals surface area contributed by atoms with E-state index in [1.165, 1.54) is 38.8 Å². The molecule has 3 heterocycles. The maximum absolute atomic E-state index is 5.42. The van der Waals surface area contributed by atoms with Gasteiger partial charge in [-0.3, -0.25) is 0 Å². The van der Waals surface area contributed by atoms with Gasteiger partial charge in [0.25, 0.3) is 0 Å². The zero-order valence-corrected chi connectivity index (χ0v) is 29.4. The molecule has 3 aromatic heterocycles. The number of pyridine rings is 2. The molecule has 252 valence electrons. The molecule has 11 rings (SSSR count). The molecule has 0 bridgehead atoms. The number of benzene rings is 7. The van der Waals surface area contributed by atoms with E-state index in [1.807, 2.05) is 24.4 Å². The van der Waals surface area contributed by atoms with Crippen molar-refractivity contribution in [3.05, 3.63) is 223 Å². The third-order valence-electron chi connectivity index (χ3n) is 11.3. The first-order valence-corrected chi connectivity index (χ1v) is 18.5. The number of aromatic nitrogens is 3. The normalized spacial score (nSPS) is 13.0. The van der Waals surface area contributed by atoms with Crippen molar-refractivity contribution in [2.24, 2.45) is 0 Å². The first-order valence-electron chi connectivity index (χ1n) is 18.5. The second-order valence-corrected chi connectivity index (χ2v) is 14.2. The number of nitrogens with zero attached hydrogens (tertiary/aromatic N) is 3. The summed E-state index contributed by atoms with van der Waals surface area (Å²) in [5.74, 6) is 0. The second-order valence-electron chi connectivity index (χ2n) is 14.2. The highest BCUT2D eigenvalue weighted by Gasteiger charge is 2.46. The van der Waals surface area contributed by atoms with Crippen LogP contribution in [0.15, 0.2) is 200 Å². The lowest BCUT2D eigenvalue weighted by molar-refractivity contribution is 0.769. The van der Waals surface area contributed by atoms with Gasteiger partial charge < -0.3 is 4.40 Å². The zero-order chi connectivity index (χ0) is 35.6. The van der Waals surface area contributed by atoms with Crippen molar-refractivity contribution in [1.29, 1.82) is 0 Å². The van der Waals surface area contributed by atoms with Crippen molar-refractivity contribution in [3.63, 3.8) is 0 Å². The van der Waals surface area contributed by atoms with Crippen LogP contribution in [0.4, 0.5) is 0 Å². The lowest BCUT2D eigenvalue weighted by atomic mass is 9.67. The Hall–Kier alpha value is -7.10. The Kier molecular flexibility index (Phi) is 6.77. The van der Waals surface area contributed by atoms with Crippen molar-refractivity contribution in [3.8, 4) is 44.8 Å². The van der Waals surface area contributed by atoms with E-state index in [9.17, 15) is 0 Å². The highest BCUT2D eigenvalue weighted by atomic mass is 15.0. The van der Waals surface area contributed by atoms with Crippen LogP contribution in [0.25, 0.3) is 72.1 Å². The van der Waals surface area contributed by atoms with Crippen LogP contribution >= 0.6 is 0 Å². The fourth-order valence-corrected chi connectivity index (χ4v) is 8.97. The van der Waals surface area contributed by atoms with Gasteiger partial charge in [0.1, 0.15) is 5.65 Å². The Balaban J connectivity index is 1.15. The van der Waals surface area contributed by atoms with E-state index in [0.717, 1.165) is 55.6 Å². The second kappa shape index (κ2) is 12.0. The van der Waals surface area contributed by atoms with Gasteiger partial charge in [-0.15, -0.1) is 0 Å². The molecule has 7 aromatic carbocycles. The minimum atomic E-state index is -0.473. The van der Waals surface area contributed by atoms with Crippen LogP contribution in [0.5, 0.6) is 0 Å². The average Bonchev–Trinajstić information content (AvgIpc) is 3.82. The number of hydrogen-bond acceptors (Lipinski definition) is 2. The lowest BCUT2D eigenvalue weighted by Gasteiger charge is -2.34. The molecule has 3 nitrogen and oxygen atoms in total. The quantitative estimate of drug-likeness (QED) is 0.169. The van der Waals surface area contributed by atoms with Crippen molar-refractivity contribution >= 4 is 27.3 Å².